The quantitative estimate of drug-likeness (QED) is 0.906. The summed E-state index contributed by atoms with van der Waals surface area (Å²) < 4.78 is 0. The number of nitriles is 1. The third-order valence-corrected chi connectivity index (χ3v) is 3.04. The summed E-state index contributed by atoms with van der Waals surface area (Å²) in [5, 5.41) is 13.0. The fraction of sp³-hybridized carbons (Fsp3) is 0.133. The summed E-state index contributed by atoms with van der Waals surface area (Å²) in [5.74, 6) is 0. The zero-order valence-corrected chi connectivity index (χ0v) is 10.6. The van der Waals surface area contributed by atoms with Crippen LogP contribution in [0.5, 0.6) is 0 Å². The second-order valence-electron chi connectivity index (χ2n) is 3.95. The molecule has 0 amide bonds. The van der Waals surface area contributed by atoms with Gasteiger partial charge in [-0.05, 0) is 11.6 Å². The monoisotopic (exact) mass is 256 g/mol. The minimum absolute atomic E-state index is 0.390. The van der Waals surface area contributed by atoms with Crippen LogP contribution in [-0.4, -0.2) is 0 Å². The van der Waals surface area contributed by atoms with E-state index in [1.807, 2.05) is 48.5 Å². The highest BCUT2D eigenvalue weighted by Crippen LogP contribution is 2.22. The van der Waals surface area contributed by atoms with Crippen LogP contribution >= 0.6 is 11.6 Å². The number of hydrogen-bond acceptors (Lipinski definition) is 2. The van der Waals surface area contributed by atoms with Crippen LogP contribution in [0.1, 0.15) is 17.2 Å². The summed E-state index contributed by atoms with van der Waals surface area (Å²) in [6.45, 7) is 0.643. The minimum Gasteiger partial charge on any atom is -0.294 e. The Labute approximate surface area is 112 Å². The first-order valence-electron chi connectivity index (χ1n) is 5.72. The number of rotatable bonds is 4. The van der Waals surface area contributed by atoms with Crippen molar-refractivity contribution in [1.82, 2.24) is 5.32 Å². The van der Waals surface area contributed by atoms with Crippen LogP contribution in [0.25, 0.3) is 0 Å². The average Bonchev–Trinajstić information content (AvgIpc) is 2.42. The van der Waals surface area contributed by atoms with Gasteiger partial charge in [-0.1, -0.05) is 60.1 Å². The zero-order chi connectivity index (χ0) is 12.8. The molecule has 1 N–H and O–H groups in total. The van der Waals surface area contributed by atoms with Crippen molar-refractivity contribution in [3.8, 4) is 6.07 Å². The Morgan fingerprint density at radius 1 is 1.06 bits per heavy atom. The predicted octanol–water partition coefficient (Wildman–Crippen LogP) is 3.69. The molecule has 1 atom stereocenters. The maximum atomic E-state index is 9.21. The Morgan fingerprint density at radius 3 is 2.39 bits per heavy atom. The van der Waals surface area contributed by atoms with Gasteiger partial charge in [0.25, 0.3) is 0 Å². The smallest absolute Gasteiger partial charge is 0.123 e. The van der Waals surface area contributed by atoms with Gasteiger partial charge in [-0.3, -0.25) is 5.32 Å². The van der Waals surface area contributed by atoms with Crippen molar-refractivity contribution < 1.29 is 0 Å². The fourth-order valence-electron chi connectivity index (χ4n) is 1.75. The van der Waals surface area contributed by atoms with E-state index in [0.29, 0.717) is 11.6 Å². The standard InChI is InChI=1S/C15H13ClN2/c16-14-9-5-4-8-13(14)15(10-17)18-11-12-6-2-1-3-7-12/h1-9,15,18H,11H2. The van der Waals surface area contributed by atoms with Crippen molar-refractivity contribution in [2.24, 2.45) is 0 Å². The van der Waals surface area contributed by atoms with Gasteiger partial charge in [-0.25, -0.2) is 0 Å². The Hall–Kier alpha value is -1.82. The Bertz CT molecular complexity index is 546. The van der Waals surface area contributed by atoms with E-state index in [1.54, 1.807) is 6.07 Å². The van der Waals surface area contributed by atoms with E-state index in [2.05, 4.69) is 11.4 Å². The van der Waals surface area contributed by atoms with Crippen LogP contribution in [0.3, 0.4) is 0 Å². The predicted molar refractivity (Wildman–Crippen MR) is 73.1 cm³/mol. The van der Waals surface area contributed by atoms with E-state index in [1.165, 1.54) is 0 Å². The molecule has 0 spiro atoms. The van der Waals surface area contributed by atoms with E-state index in [9.17, 15) is 5.26 Å². The van der Waals surface area contributed by atoms with Gasteiger partial charge in [0.2, 0.25) is 0 Å². The van der Waals surface area contributed by atoms with Crippen LogP contribution in [-0.2, 0) is 6.54 Å². The SMILES string of the molecule is N#CC(NCc1ccccc1)c1ccccc1Cl. The maximum Gasteiger partial charge on any atom is 0.123 e. The lowest BCUT2D eigenvalue weighted by Gasteiger charge is -2.13. The van der Waals surface area contributed by atoms with E-state index in [-0.39, 0.29) is 6.04 Å². The van der Waals surface area contributed by atoms with Crippen LogP contribution < -0.4 is 5.32 Å². The topological polar surface area (TPSA) is 35.8 Å². The molecule has 2 nitrogen and oxygen atoms in total. The molecule has 0 bridgehead atoms. The lowest BCUT2D eigenvalue weighted by Crippen LogP contribution is -2.19. The molecule has 0 fully saturated rings. The molecule has 0 saturated carbocycles. The third-order valence-electron chi connectivity index (χ3n) is 2.70. The molecule has 0 saturated heterocycles. The average molecular weight is 257 g/mol. The van der Waals surface area contributed by atoms with Gasteiger partial charge < -0.3 is 0 Å². The van der Waals surface area contributed by atoms with Gasteiger partial charge in [-0.15, -0.1) is 0 Å². The summed E-state index contributed by atoms with van der Waals surface area (Å²) in [7, 11) is 0. The molecule has 90 valence electrons. The summed E-state index contributed by atoms with van der Waals surface area (Å²) in [6.07, 6.45) is 0. The van der Waals surface area contributed by atoms with Crippen LogP contribution in [0.4, 0.5) is 0 Å². The number of nitrogens with zero attached hydrogens (tertiary/aromatic N) is 1. The molecule has 1 unspecified atom stereocenters. The van der Waals surface area contributed by atoms with E-state index < -0.39 is 0 Å². The number of benzene rings is 2. The van der Waals surface area contributed by atoms with E-state index >= 15 is 0 Å². The second-order valence-corrected chi connectivity index (χ2v) is 4.36. The fourth-order valence-corrected chi connectivity index (χ4v) is 1.99. The highest BCUT2D eigenvalue weighted by atomic mass is 35.5. The van der Waals surface area contributed by atoms with Gasteiger partial charge in [-0.2, -0.15) is 5.26 Å². The summed E-state index contributed by atoms with van der Waals surface area (Å²) in [4.78, 5) is 0. The first-order valence-corrected chi connectivity index (χ1v) is 6.10. The molecule has 2 aromatic rings. The van der Waals surface area contributed by atoms with Crippen molar-refractivity contribution in [1.29, 1.82) is 5.26 Å². The van der Waals surface area contributed by atoms with Gasteiger partial charge in [0.05, 0.1) is 6.07 Å². The van der Waals surface area contributed by atoms with E-state index in [4.69, 9.17) is 11.6 Å². The third kappa shape index (κ3) is 3.10. The first kappa shape index (κ1) is 12.6. The Morgan fingerprint density at radius 2 is 1.72 bits per heavy atom. The molecule has 0 aliphatic carbocycles. The van der Waals surface area contributed by atoms with Crippen LogP contribution in [0.2, 0.25) is 5.02 Å². The van der Waals surface area contributed by atoms with Gasteiger partial charge in [0.1, 0.15) is 6.04 Å². The molecule has 0 heterocycles. The molecule has 2 aromatic carbocycles. The Balaban J connectivity index is 2.08. The van der Waals surface area contributed by atoms with Gasteiger partial charge in [0.15, 0.2) is 0 Å². The zero-order valence-electron chi connectivity index (χ0n) is 9.81. The van der Waals surface area contributed by atoms with Crippen molar-refractivity contribution in [2.45, 2.75) is 12.6 Å². The summed E-state index contributed by atoms with van der Waals surface area (Å²) in [5.41, 5.74) is 1.96. The number of halogens is 1. The maximum absolute atomic E-state index is 9.21. The second kappa shape index (κ2) is 6.20. The highest BCUT2D eigenvalue weighted by molar-refractivity contribution is 6.31. The summed E-state index contributed by atoms with van der Waals surface area (Å²) >= 11 is 6.09. The molecular formula is C15H13ClN2. The molecule has 0 aromatic heterocycles. The van der Waals surface area contributed by atoms with Gasteiger partial charge >= 0.3 is 0 Å². The van der Waals surface area contributed by atoms with Crippen molar-refractivity contribution in [3.05, 3.63) is 70.7 Å². The molecular weight excluding hydrogens is 244 g/mol. The van der Waals surface area contributed by atoms with Crippen molar-refractivity contribution in [3.63, 3.8) is 0 Å². The van der Waals surface area contributed by atoms with Crippen molar-refractivity contribution >= 4 is 11.6 Å². The lowest BCUT2D eigenvalue weighted by atomic mass is 10.1. The largest absolute Gasteiger partial charge is 0.294 e. The van der Waals surface area contributed by atoms with E-state index in [0.717, 1.165) is 11.1 Å². The van der Waals surface area contributed by atoms with Crippen LogP contribution in [0, 0.1) is 11.3 Å². The molecule has 3 heteroatoms. The number of hydrogen-bond donors (Lipinski definition) is 1. The highest BCUT2D eigenvalue weighted by Gasteiger charge is 2.12. The van der Waals surface area contributed by atoms with Gasteiger partial charge in [0, 0.05) is 17.1 Å². The van der Waals surface area contributed by atoms with Crippen molar-refractivity contribution in [2.75, 3.05) is 0 Å². The van der Waals surface area contributed by atoms with Crippen LogP contribution in [0.15, 0.2) is 54.6 Å². The molecule has 0 radical (unpaired) electrons. The molecule has 18 heavy (non-hydrogen) atoms. The number of nitrogens with one attached hydrogen (secondary N) is 1. The Kier molecular flexibility index (Phi) is 4.35. The minimum atomic E-state index is -0.390. The lowest BCUT2D eigenvalue weighted by molar-refractivity contribution is 0.630. The normalized spacial score (nSPS) is 11.8. The summed E-state index contributed by atoms with van der Waals surface area (Å²) in [6, 6.07) is 19.2. The molecule has 0 aliphatic rings. The molecule has 0 aliphatic heterocycles. The first-order chi connectivity index (χ1) is 8.81. The molecule has 2 rings (SSSR count).